The van der Waals surface area contributed by atoms with E-state index >= 15 is 0 Å². The van der Waals surface area contributed by atoms with Crippen molar-refractivity contribution in [3.05, 3.63) is 0 Å². The Labute approximate surface area is 237 Å². The van der Waals surface area contributed by atoms with Gasteiger partial charge in [0.05, 0.1) is 44.1 Å². The maximum Gasteiger partial charge on any atom is 0.222 e. The lowest BCUT2D eigenvalue weighted by Gasteiger charge is -2.25. The van der Waals surface area contributed by atoms with E-state index in [-0.39, 0.29) is 72.7 Å². The molecular weight excluding hydrogens is 496 g/mol. The average Bonchev–Trinajstić information content (AvgIpc) is 3.24. The third-order valence-corrected chi connectivity index (χ3v) is 7.14. The monoisotopic (exact) mass is 552 g/mol. The Balaban J connectivity index is 2.41. The minimum absolute atomic E-state index is 0.0260. The van der Waals surface area contributed by atoms with Crippen molar-refractivity contribution in [2.75, 3.05) is 26.2 Å². The lowest BCUT2D eigenvalue weighted by atomic mass is 10.0. The second-order valence-corrected chi connectivity index (χ2v) is 12.2. The van der Waals surface area contributed by atoms with Gasteiger partial charge in [0.25, 0.3) is 0 Å². The fourth-order valence-corrected chi connectivity index (χ4v) is 4.81. The summed E-state index contributed by atoms with van der Waals surface area (Å²) in [6.07, 6.45) is 5.57. The Morgan fingerprint density at radius 3 is 1.79 bits per heavy atom. The summed E-state index contributed by atoms with van der Waals surface area (Å²) in [6.45, 7) is 17.4. The van der Waals surface area contributed by atoms with Crippen LogP contribution in [0, 0.1) is 5.92 Å². The average molecular weight is 553 g/mol. The Morgan fingerprint density at radius 2 is 1.31 bits per heavy atom. The fraction of sp³-hybridized carbons (Fsp3) is 0.871. The van der Waals surface area contributed by atoms with Crippen LogP contribution < -0.4 is 0 Å². The molecule has 0 aromatic carbocycles. The van der Waals surface area contributed by atoms with Crippen molar-refractivity contribution >= 4 is 23.3 Å². The highest BCUT2D eigenvalue weighted by molar-refractivity contribution is 5.84. The molecule has 1 rings (SSSR count). The molecule has 0 N–H and O–H groups in total. The SMILES string of the molecule is CC(C)OC[C@@H]1C[C@@H](OC(C)C)CN1C(=O)CCCCC(=O)CN(CC(=O)CCCCC(=O)C(C)C)C(C)C. The molecular formula is C31H56N2O6. The number of carbonyl (C=O) groups excluding carboxylic acids is 4. The molecule has 0 unspecified atom stereocenters. The first-order chi connectivity index (χ1) is 18.3. The van der Waals surface area contributed by atoms with Gasteiger partial charge in [-0.1, -0.05) is 13.8 Å². The molecule has 0 bridgehead atoms. The lowest BCUT2D eigenvalue weighted by molar-refractivity contribution is -0.134. The number of likely N-dealkylation sites (tertiary alicyclic amines) is 1. The van der Waals surface area contributed by atoms with Crippen LogP contribution in [0.3, 0.4) is 0 Å². The number of carbonyl (C=O) groups is 4. The van der Waals surface area contributed by atoms with Gasteiger partial charge in [-0.15, -0.1) is 0 Å². The van der Waals surface area contributed by atoms with Crippen LogP contribution >= 0.6 is 0 Å². The van der Waals surface area contributed by atoms with Crippen LogP contribution in [0.5, 0.6) is 0 Å². The molecule has 1 saturated heterocycles. The molecule has 0 spiro atoms. The first-order valence-corrected chi connectivity index (χ1v) is 15.2. The highest BCUT2D eigenvalue weighted by Crippen LogP contribution is 2.24. The number of hydrogen-bond donors (Lipinski definition) is 0. The number of Topliss-reactive ketones (excluding diaryl/α,β-unsaturated/α-hetero) is 3. The number of hydrogen-bond acceptors (Lipinski definition) is 7. The minimum atomic E-state index is 0.0260. The molecule has 0 aromatic rings. The summed E-state index contributed by atoms with van der Waals surface area (Å²) in [4.78, 5) is 53.7. The Bertz CT molecular complexity index is 764. The van der Waals surface area contributed by atoms with Gasteiger partial charge in [0.1, 0.15) is 17.3 Å². The topological polar surface area (TPSA) is 93.2 Å². The van der Waals surface area contributed by atoms with E-state index in [9.17, 15) is 19.2 Å². The second-order valence-electron chi connectivity index (χ2n) is 12.2. The van der Waals surface area contributed by atoms with Gasteiger partial charge in [0.15, 0.2) is 0 Å². The standard InChI is InChI=1S/C31H56N2O6/c1-22(2)30(36)15-11-9-13-27(34)18-32(23(3)4)19-28(35)14-10-12-16-31(37)33-20-29(39-25(7)8)17-26(33)21-38-24(5)6/h22-26,29H,9-21H2,1-8H3/t26-,29+/m0/s1. The van der Waals surface area contributed by atoms with Gasteiger partial charge >= 0.3 is 0 Å². The molecule has 1 aliphatic heterocycles. The predicted octanol–water partition coefficient (Wildman–Crippen LogP) is 5.00. The van der Waals surface area contributed by atoms with E-state index < -0.39 is 0 Å². The van der Waals surface area contributed by atoms with E-state index in [4.69, 9.17) is 9.47 Å². The van der Waals surface area contributed by atoms with Crippen LogP contribution in [0.2, 0.25) is 0 Å². The molecule has 2 atom stereocenters. The van der Waals surface area contributed by atoms with Crippen LogP contribution in [0.25, 0.3) is 0 Å². The van der Waals surface area contributed by atoms with Gasteiger partial charge in [-0.3, -0.25) is 24.1 Å². The Kier molecular flexibility index (Phi) is 16.9. The van der Waals surface area contributed by atoms with Crippen molar-refractivity contribution in [1.29, 1.82) is 0 Å². The van der Waals surface area contributed by atoms with Crippen LogP contribution in [-0.4, -0.2) is 89.7 Å². The fourth-order valence-electron chi connectivity index (χ4n) is 4.81. The molecule has 226 valence electrons. The lowest BCUT2D eigenvalue weighted by Crippen LogP contribution is -2.39. The highest BCUT2D eigenvalue weighted by Gasteiger charge is 2.36. The third kappa shape index (κ3) is 15.1. The molecule has 1 fully saturated rings. The first kappa shape index (κ1) is 35.4. The second kappa shape index (κ2) is 18.7. The summed E-state index contributed by atoms with van der Waals surface area (Å²) in [6, 6.07) is 0.112. The summed E-state index contributed by atoms with van der Waals surface area (Å²) < 4.78 is 11.8. The predicted molar refractivity (Wildman–Crippen MR) is 155 cm³/mol. The molecule has 0 aliphatic carbocycles. The minimum Gasteiger partial charge on any atom is -0.377 e. The summed E-state index contributed by atoms with van der Waals surface area (Å²) in [5.41, 5.74) is 0. The summed E-state index contributed by atoms with van der Waals surface area (Å²) >= 11 is 0. The summed E-state index contributed by atoms with van der Waals surface area (Å²) in [5.74, 6) is 0.587. The number of amides is 1. The highest BCUT2D eigenvalue weighted by atomic mass is 16.5. The Hall–Kier alpha value is -1.64. The number of unbranched alkanes of at least 4 members (excludes halogenated alkanes) is 2. The number of ketones is 3. The molecule has 0 saturated carbocycles. The smallest absolute Gasteiger partial charge is 0.222 e. The van der Waals surface area contributed by atoms with E-state index in [0.717, 1.165) is 12.8 Å². The number of ether oxygens (including phenoxy) is 2. The number of nitrogens with zero attached hydrogens (tertiary/aromatic N) is 2. The third-order valence-electron chi connectivity index (χ3n) is 7.14. The molecule has 1 amide bonds. The van der Waals surface area contributed by atoms with Crippen molar-refractivity contribution in [1.82, 2.24) is 9.80 Å². The molecule has 0 radical (unpaired) electrons. The van der Waals surface area contributed by atoms with E-state index in [0.29, 0.717) is 58.1 Å². The van der Waals surface area contributed by atoms with Gasteiger partial charge in [0.2, 0.25) is 5.91 Å². The van der Waals surface area contributed by atoms with Crippen LogP contribution in [0.15, 0.2) is 0 Å². The van der Waals surface area contributed by atoms with E-state index in [2.05, 4.69) is 0 Å². The molecule has 39 heavy (non-hydrogen) atoms. The van der Waals surface area contributed by atoms with Crippen molar-refractivity contribution in [2.24, 2.45) is 5.92 Å². The quantitative estimate of drug-likeness (QED) is 0.185. The maximum atomic E-state index is 13.0. The van der Waals surface area contributed by atoms with Crippen molar-refractivity contribution < 1.29 is 28.7 Å². The molecule has 8 nitrogen and oxygen atoms in total. The zero-order chi connectivity index (χ0) is 29.5. The molecule has 1 aliphatic rings. The van der Waals surface area contributed by atoms with Gasteiger partial charge in [-0.25, -0.2) is 0 Å². The molecule has 0 aromatic heterocycles. The van der Waals surface area contributed by atoms with Crippen LogP contribution in [0.1, 0.15) is 113 Å². The van der Waals surface area contributed by atoms with E-state index in [1.54, 1.807) is 0 Å². The largest absolute Gasteiger partial charge is 0.377 e. The Morgan fingerprint density at radius 1 is 0.769 bits per heavy atom. The zero-order valence-electron chi connectivity index (χ0n) is 26.0. The molecule has 8 heteroatoms. The normalized spacial score (nSPS) is 17.8. The van der Waals surface area contributed by atoms with Gasteiger partial charge in [0, 0.05) is 44.2 Å². The number of rotatable bonds is 21. The van der Waals surface area contributed by atoms with E-state index in [1.807, 2.05) is 65.2 Å². The van der Waals surface area contributed by atoms with Crippen LogP contribution in [-0.2, 0) is 28.7 Å². The summed E-state index contributed by atoms with van der Waals surface area (Å²) in [5, 5.41) is 0. The maximum absolute atomic E-state index is 13.0. The van der Waals surface area contributed by atoms with E-state index in [1.165, 1.54) is 0 Å². The first-order valence-electron chi connectivity index (χ1n) is 15.2. The zero-order valence-corrected chi connectivity index (χ0v) is 26.0. The van der Waals surface area contributed by atoms with Crippen molar-refractivity contribution in [3.63, 3.8) is 0 Å². The van der Waals surface area contributed by atoms with Gasteiger partial charge < -0.3 is 14.4 Å². The van der Waals surface area contributed by atoms with Crippen molar-refractivity contribution in [3.8, 4) is 0 Å². The summed E-state index contributed by atoms with van der Waals surface area (Å²) in [7, 11) is 0. The van der Waals surface area contributed by atoms with Gasteiger partial charge in [-0.2, -0.15) is 0 Å². The van der Waals surface area contributed by atoms with Crippen LogP contribution in [0.4, 0.5) is 0 Å². The molecule has 1 heterocycles. The van der Waals surface area contributed by atoms with Crippen molar-refractivity contribution in [2.45, 2.75) is 144 Å². The van der Waals surface area contributed by atoms with Gasteiger partial charge in [-0.05, 0) is 73.6 Å².